The van der Waals surface area contributed by atoms with E-state index in [1.165, 1.54) is 0 Å². The van der Waals surface area contributed by atoms with Crippen molar-refractivity contribution in [1.29, 1.82) is 0 Å². The van der Waals surface area contributed by atoms with Crippen molar-refractivity contribution < 1.29 is 0 Å². The fourth-order valence-corrected chi connectivity index (χ4v) is 3.85. The van der Waals surface area contributed by atoms with E-state index in [0.717, 1.165) is 15.6 Å². The van der Waals surface area contributed by atoms with Gasteiger partial charge in [0.15, 0.2) is 16.7 Å². The molecule has 4 aromatic rings. The molecule has 6 nitrogen and oxygen atoms in total. The number of rotatable bonds is 6. The molecule has 31 heavy (non-hydrogen) atoms. The molecule has 0 bridgehead atoms. The van der Waals surface area contributed by atoms with Gasteiger partial charge in [-0.3, -0.25) is 9.36 Å². The van der Waals surface area contributed by atoms with Crippen LogP contribution in [0.3, 0.4) is 0 Å². The van der Waals surface area contributed by atoms with Crippen molar-refractivity contribution in [2.45, 2.75) is 13.1 Å². The molecular formula is C21H17BrCl2N6S. The lowest BCUT2D eigenvalue weighted by molar-refractivity contribution is 0.689. The lowest BCUT2D eigenvalue weighted by Gasteiger charge is -2.07. The lowest BCUT2D eigenvalue weighted by atomic mass is 10.2. The first kappa shape index (κ1) is 21.8. The Labute approximate surface area is 203 Å². The molecule has 0 saturated carbocycles. The molecule has 10 heteroatoms. The van der Waals surface area contributed by atoms with Crippen LogP contribution in [0.1, 0.15) is 11.1 Å². The van der Waals surface area contributed by atoms with Gasteiger partial charge >= 0.3 is 0 Å². The molecular weight excluding hydrogens is 519 g/mol. The highest BCUT2D eigenvalue weighted by Crippen LogP contribution is 2.22. The molecule has 0 saturated heterocycles. The van der Waals surface area contributed by atoms with Crippen molar-refractivity contribution in [2.75, 3.05) is 10.6 Å². The largest absolute Gasteiger partial charge is 0.316 e. The van der Waals surface area contributed by atoms with E-state index in [9.17, 15) is 0 Å². The molecule has 0 aliphatic rings. The molecule has 158 valence electrons. The van der Waals surface area contributed by atoms with Crippen LogP contribution in [-0.4, -0.2) is 24.7 Å². The Hall–Kier alpha value is -2.39. The molecule has 2 N–H and O–H groups in total. The van der Waals surface area contributed by atoms with Crippen LogP contribution in [0.25, 0.3) is 0 Å². The number of thiocarbonyl (C=S) groups is 1. The van der Waals surface area contributed by atoms with Gasteiger partial charge < -0.3 is 10.6 Å². The quantitative estimate of drug-likeness (QED) is 0.294. The maximum Gasteiger partial charge on any atom is 0.177 e. The summed E-state index contributed by atoms with van der Waals surface area (Å²) in [5.74, 6) is 1.24. The Bertz CT molecular complexity index is 1200. The highest BCUT2D eigenvalue weighted by Gasteiger charge is 2.10. The molecule has 0 spiro atoms. The Morgan fingerprint density at radius 2 is 1.71 bits per heavy atom. The van der Waals surface area contributed by atoms with Gasteiger partial charge in [-0.05, 0) is 57.5 Å². The summed E-state index contributed by atoms with van der Waals surface area (Å²) in [6.07, 6.45) is 3.75. The number of anilines is 2. The first-order chi connectivity index (χ1) is 15.0. The van der Waals surface area contributed by atoms with Gasteiger partial charge in [0.05, 0.1) is 17.6 Å². The zero-order valence-corrected chi connectivity index (χ0v) is 20.0. The molecule has 2 heterocycles. The summed E-state index contributed by atoms with van der Waals surface area (Å²) >= 11 is 21.1. The van der Waals surface area contributed by atoms with Gasteiger partial charge in [0.2, 0.25) is 0 Å². The standard InChI is InChI=1S/C21H17BrCl2N6S/c22-17-13-30(11-14-5-7-16(23)8-6-14)28-20(17)26-21(31)25-19-9-10-29(27-19)12-15-3-1-2-4-18(15)24/h1-10,13H,11-12H2,(H2,25,26,27,28,31). The Balaban J connectivity index is 1.36. The molecule has 2 aromatic carbocycles. The van der Waals surface area contributed by atoms with Gasteiger partial charge in [0.25, 0.3) is 0 Å². The van der Waals surface area contributed by atoms with E-state index in [2.05, 4.69) is 36.8 Å². The summed E-state index contributed by atoms with van der Waals surface area (Å²) in [5.41, 5.74) is 2.09. The van der Waals surface area contributed by atoms with Crippen LogP contribution in [0.4, 0.5) is 11.6 Å². The van der Waals surface area contributed by atoms with E-state index in [1.54, 1.807) is 4.68 Å². The maximum atomic E-state index is 6.22. The molecule has 4 rings (SSSR count). The molecule has 0 aliphatic carbocycles. The van der Waals surface area contributed by atoms with E-state index in [1.807, 2.05) is 71.7 Å². The zero-order valence-electron chi connectivity index (χ0n) is 16.1. The predicted molar refractivity (Wildman–Crippen MR) is 133 cm³/mol. The lowest BCUT2D eigenvalue weighted by Crippen LogP contribution is -2.20. The summed E-state index contributed by atoms with van der Waals surface area (Å²) < 4.78 is 4.41. The molecule has 0 amide bonds. The Morgan fingerprint density at radius 1 is 0.935 bits per heavy atom. The van der Waals surface area contributed by atoms with Gasteiger partial charge in [-0.15, -0.1) is 0 Å². The third-order valence-corrected chi connectivity index (χ3v) is 5.78. The smallest absolute Gasteiger partial charge is 0.177 e. The van der Waals surface area contributed by atoms with Crippen LogP contribution in [0, 0.1) is 0 Å². The summed E-state index contributed by atoms with van der Waals surface area (Å²) in [6, 6.07) is 17.2. The topological polar surface area (TPSA) is 59.7 Å². The number of halogens is 3. The van der Waals surface area contributed by atoms with E-state index >= 15 is 0 Å². The van der Waals surface area contributed by atoms with Crippen LogP contribution in [0.2, 0.25) is 10.0 Å². The number of aromatic nitrogens is 4. The number of benzene rings is 2. The monoisotopic (exact) mass is 534 g/mol. The van der Waals surface area contributed by atoms with Crippen LogP contribution in [0.15, 0.2) is 71.5 Å². The third kappa shape index (κ3) is 5.86. The number of hydrogen-bond donors (Lipinski definition) is 2. The van der Waals surface area contributed by atoms with Gasteiger partial charge in [-0.2, -0.15) is 10.2 Å². The van der Waals surface area contributed by atoms with Crippen LogP contribution in [0.5, 0.6) is 0 Å². The normalized spacial score (nSPS) is 10.8. The first-order valence-corrected chi connectivity index (χ1v) is 11.2. The van der Waals surface area contributed by atoms with Crippen molar-refractivity contribution in [1.82, 2.24) is 19.6 Å². The van der Waals surface area contributed by atoms with Crippen LogP contribution < -0.4 is 10.6 Å². The minimum Gasteiger partial charge on any atom is -0.316 e. The summed E-state index contributed by atoms with van der Waals surface area (Å²) in [4.78, 5) is 0. The van der Waals surface area contributed by atoms with Crippen molar-refractivity contribution in [3.8, 4) is 0 Å². The molecule has 0 atom stereocenters. The van der Waals surface area contributed by atoms with Crippen molar-refractivity contribution in [2.24, 2.45) is 0 Å². The second-order valence-electron chi connectivity index (χ2n) is 6.72. The van der Waals surface area contributed by atoms with E-state index in [0.29, 0.717) is 39.9 Å². The van der Waals surface area contributed by atoms with E-state index in [4.69, 9.17) is 35.4 Å². The summed E-state index contributed by atoms with van der Waals surface area (Å²) in [5, 5.41) is 17.0. The number of nitrogens with one attached hydrogen (secondary N) is 2. The number of hydrogen-bond acceptors (Lipinski definition) is 3. The molecule has 2 aromatic heterocycles. The van der Waals surface area contributed by atoms with Gasteiger partial charge in [-0.1, -0.05) is 53.5 Å². The third-order valence-electron chi connectivity index (χ3n) is 4.38. The average molecular weight is 536 g/mol. The molecule has 0 fully saturated rings. The first-order valence-electron chi connectivity index (χ1n) is 9.28. The van der Waals surface area contributed by atoms with Crippen LogP contribution >= 0.6 is 51.3 Å². The predicted octanol–water partition coefficient (Wildman–Crippen LogP) is 6.05. The van der Waals surface area contributed by atoms with E-state index < -0.39 is 0 Å². The maximum absolute atomic E-state index is 6.22. The second-order valence-corrected chi connectivity index (χ2v) is 8.83. The molecule has 0 unspecified atom stereocenters. The number of nitrogens with zero attached hydrogens (tertiary/aromatic N) is 4. The van der Waals surface area contributed by atoms with Gasteiger partial charge in [0.1, 0.15) is 0 Å². The molecule has 0 aliphatic heterocycles. The van der Waals surface area contributed by atoms with E-state index in [-0.39, 0.29) is 0 Å². The minimum atomic E-state index is 0.389. The van der Waals surface area contributed by atoms with Crippen molar-refractivity contribution in [3.63, 3.8) is 0 Å². The summed E-state index contributed by atoms with van der Waals surface area (Å²) in [6.45, 7) is 1.19. The SMILES string of the molecule is S=C(Nc1ccn(Cc2ccccc2Cl)n1)Nc1nn(Cc2ccc(Cl)cc2)cc1Br. The zero-order chi connectivity index (χ0) is 21.8. The summed E-state index contributed by atoms with van der Waals surface area (Å²) in [7, 11) is 0. The van der Waals surface area contributed by atoms with Crippen molar-refractivity contribution >= 4 is 68.1 Å². The minimum absolute atomic E-state index is 0.389. The fraction of sp³-hybridized carbons (Fsp3) is 0.0952. The fourth-order valence-electron chi connectivity index (χ4n) is 2.91. The molecule has 0 radical (unpaired) electrons. The Kier molecular flexibility index (Phi) is 6.92. The highest BCUT2D eigenvalue weighted by molar-refractivity contribution is 9.10. The second kappa shape index (κ2) is 9.82. The van der Waals surface area contributed by atoms with Crippen molar-refractivity contribution in [3.05, 3.63) is 92.6 Å². The Morgan fingerprint density at radius 3 is 2.48 bits per heavy atom. The van der Waals surface area contributed by atoms with Gasteiger partial charge in [-0.25, -0.2) is 0 Å². The van der Waals surface area contributed by atoms with Gasteiger partial charge in [0, 0.05) is 28.5 Å². The van der Waals surface area contributed by atoms with Crippen LogP contribution in [-0.2, 0) is 13.1 Å². The highest BCUT2D eigenvalue weighted by atomic mass is 79.9. The average Bonchev–Trinajstić information content (AvgIpc) is 3.31.